The lowest BCUT2D eigenvalue weighted by atomic mass is 10.3. The van der Waals surface area contributed by atoms with E-state index in [-0.39, 0.29) is 6.10 Å². The summed E-state index contributed by atoms with van der Waals surface area (Å²) < 4.78 is 6.08. The number of aromatic nitrogens is 1. The summed E-state index contributed by atoms with van der Waals surface area (Å²) in [6, 6.07) is 8.98. The van der Waals surface area contributed by atoms with E-state index in [1.165, 1.54) is 22.6 Å². The lowest BCUT2D eigenvalue weighted by Gasteiger charge is -2.23. The number of nitrogens with zero attached hydrogens (tertiary/aromatic N) is 1. The Hall–Kier alpha value is -1.04. The van der Waals surface area contributed by atoms with Crippen LogP contribution in [-0.4, -0.2) is 16.8 Å². The maximum absolute atomic E-state index is 6.08. The van der Waals surface area contributed by atoms with Gasteiger partial charge in [0.15, 0.2) is 6.10 Å². The highest BCUT2D eigenvalue weighted by molar-refractivity contribution is 7.99. The molecule has 1 aromatic heterocycles. The van der Waals surface area contributed by atoms with Crippen molar-refractivity contribution in [1.29, 1.82) is 0 Å². The van der Waals surface area contributed by atoms with Crippen molar-refractivity contribution < 1.29 is 4.74 Å². The first-order valence-corrected chi connectivity index (χ1v) is 8.75. The van der Waals surface area contributed by atoms with Crippen LogP contribution in [0.25, 0.3) is 0 Å². The van der Waals surface area contributed by atoms with Crippen LogP contribution >= 0.6 is 23.1 Å². The van der Waals surface area contributed by atoms with Crippen molar-refractivity contribution >= 4 is 23.1 Å². The smallest absolute Gasteiger partial charge is 0.159 e. The number of thiazole rings is 1. The molecule has 1 atom stereocenters. The number of para-hydroxylation sites is 1. The lowest BCUT2D eigenvalue weighted by molar-refractivity contribution is 0.220. The van der Waals surface area contributed by atoms with E-state index in [0.717, 1.165) is 29.1 Å². The zero-order chi connectivity index (χ0) is 13.4. The molecular weight excluding hydrogens is 288 g/mol. The fraction of sp³-hybridized carbons (Fsp3) is 0.400. The monoisotopic (exact) mass is 304 g/mol. The van der Waals surface area contributed by atoms with Crippen molar-refractivity contribution in [1.82, 2.24) is 10.3 Å². The van der Waals surface area contributed by atoms with Gasteiger partial charge in [0.1, 0.15) is 10.8 Å². The van der Waals surface area contributed by atoms with Gasteiger partial charge in [0, 0.05) is 34.3 Å². The number of hydrogen-bond donors (Lipinski definition) is 1. The van der Waals surface area contributed by atoms with E-state index in [2.05, 4.69) is 22.4 Å². The zero-order valence-corrected chi connectivity index (χ0v) is 12.7. The minimum Gasteiger partial charge on any atom is -0.481 e. The molecular formula is C15H16N2OS2. The molecule has 0 spiro atoms. The second-order valence-corrected chi connectivity index (χ2v) is 7.39. The third kappa shape index (κ3) is 2.71. The van der Waals surface area contributed by atoms with Gasteiger partial charge in [-0.1, -0.05) is 12.1 Å². The van der Waals surface area contributed by atoms with Crippen LogP contribution in [0.2, 0.25) is 0 Å². The molecule has 1 N–H and O–H groups in total. The molecule has 2 aromatic rings. The molecule has 3 nitrogen and oxygen atoms in total. The molecule has 1 aliphatic carbocycles. The number of thioether (sulfide) groups is 1. The Labute approximate surface area is 126 Å². The van der Waals surface area contributed by atoms with Crippen molar-refractivity contribution in [3.63, 3.8) is 0 Å². The third-order valence-electron chi connectivity index (χ3n) is 3.50. The van der Waals surface area contributed by atoms with Crippen LogP contribution in [0.15, 0.2) is 35.4 Å². The summed E-state index contributed by atoms with van der Waals surface area (Å²) in [5.41, 5.74) is 0. The summed E-state index contributed by atoms with van der Waals surface area (Å²) in [6.45, 7) is 0.943. The second-order valence-electron chi connectivity index (χ2n) is 5.18. The fourth-order valence-electron chi connectivity index (χ4n) is 2.23. The first-order valence-electron chi connectivity index (χ1n) is 6.95. The molecule has 1 fully saturated rings. The number of hydrogen-bond acceptors (Lipinski definition) is 5. The first kappa shape index (κ1) is 12.7. The van der Waals surface area contributed by atoms with Crippen molar-refractivity contribution in [2.24, 2.45) is 0 Å². The van der Waals surface area contributed by atoms with Crippen LogP contribution in [0.3, 0.4) is 0 Å². The highest BCUT2D eigenvalue weighted by atomic mass is 32.2. The fourth-order valence-corrected chi connectivity index (χ4v) is 4.22. The van der Waals surface area contributed by atoms with E-state index in [9.17, 15) is 0 Å². The van der Waals surface area contributed by atoms with E-state index >= 15 is 0 Å². The molecule has 1 aliphatic heterocycles. The van der Waals surface area contributed by atoms with Gasteiger partial charge in [0.2, 0.25) is 0 Å². The van der Waals surface area contributed by atoms with E-state index in [4.69, 9.17) is 4.74 Å². The maximum Gasteiger partial charge on any atom is 0.159 e. The molecule has 2 aliphatic rings. The quantitative estimate of drug-likeness (QED) is 0.935. The lowest BCUT2D eigenvalue weighted by Crippen LogP contribution is -2.14. The summed E-state index contributed by atoms with van der Waals surface area (Å²) in [6.07, 6.45) is 4.73. The third-order valence-corrected chi connectivity index (χ3v) is 5.70. The Morgan fingerprint density at radius 2 is 2.20 bits per heavy atom. The highest BCUT2D eigenvalue weighted by Gasteiger charge is 2.25. The van der Waals surface area contributed by atoms with E-state index in [0.29, 0.717) is 0 Å². The number of ether oxygens (including phenoxy) is 1. The molecule has 0 bridgehead atoms. The summed E-state index contributed by atoms with van der Waals surface area (Å²) in [4.78, 5) is 7.09. The zero-order valence-electron chi connectivity index (χ0n) is 11.0. The van der Waals surface area contributed by atoms with Crippen LogP contribution < -0.4 is 10.1 Å². The predicted octanol–water partition coefficient (Wildman–Crippen LogP) is 3.62. The molecule has 20 heavy (non-hydrogen) atoms. The topological polar surface area (TPSA) is 34.1 Å². The van der Waals surface area contributed by atoms with Crippen LogP contribution in [0.4, 0.5) is 0 Å². The maximum atomic E-state index is 6.08. The van der Waals surface area contributed by atoms with Crippen LogP contribution in [0.1, 0.15) is 28.8 Å². The van der Waals surface area contributed by atoms with Gasteiger partial charge in [-0.3, -0.25) is 0 Å². The number of rotatable bonds is 4. The highest BCUT2D eigenvalue weighted by Crippen LogP contribution is 2.40. The normalized spacial score (nSPS) is 21.3. The van der Waals surface area contributed by atoms with E-state index in [1.54, 1.807) is 11.3 Å². The van der Waals surface area contributed by atoms with Gasteiger partial charge in [-0.15, -0.1) is 23.1 Å². The molecule has 1 unspecified atom stereocenters. The summed E-state index contributed by atoms with van der Waals surface area (Å²) in [5, 5.41) is 4.63. The molecule has 2 heterocycles. The molecule has 5 heteroatoms. The Balaban J connectivity index is 1.45. The van der Waals surface area contributed by atoms with Gasteiger partial charge in [-0.2, -0.15) is 0 Å². The van der Waals surface area contributed by atoms with Gasteiger partial charge < -0.3 is 10.1 Å². The minimum absolute atomic E-state index is 0.0922. The van der Waals surface area contributed by atoms with Crippen LogP contribution in [0, 0.1) is 0 Å². The van der Waals surface area contributed by atoms with Gasteiger partial charge in [0.25, 0.3) is 0 Å². The SMILES string of the molecule is c1ccc2c(c1)OC(c1ncc(CNC3CC3)s1)CS2. The molecule has 1 saturated carbocycles. The molecule has 4 rings (SSSR count). The summed E-state index contributed by atoms with van der Waals surface area (Å²) in [5.74, 6) is 1.93. The molecule has 0 saturated heterocycles. The number of fused-ring (bicyclic) bond motifs is 1. The standard InChI is InChI=1S/C15H16N2OS2/c1-2-4-14-12(3-1)18-13(9-19-14)15-17-8-11(20-15)7-16-10-5-6-10/h1-4,8,10,13,16H,5-7,9H2. The van der Waals surface area contributed by atoms with Crippen LogP contribution in [-0.2, 0) is 6.54 Å². The molecule has 1 aromatic carbocycles. The molecule has 0 amide bonds. The largest absolute Gasteiger partial charge is 0.481 e. The van der Waals surface area contributed by atoms with Gasteiger partial charge in [-0.05, 0) is 25.0 Å². The number of benzene rings is 1. The predicted molar refractivity (Wildman–Crippen MR) is 82.5 cm³/mol. The van der Waals surface area contributed by atoms with Crippen molar-refractivity contribution in [3.05, 3.63) is 40.3 Å². The average molecular weight is 304 g/mol. The van der Waals surface area contributed by atoms with E-state index < -0.39 is 0 Å². The summed E-state index contributed by atoms with van der Waals surface area (Å²) in [7, 11) is 0. The first-order chi connectivity index (χ1) is 9.88. The molecule has 0 radical (unpaired) electrons. The molecule has 104 valence electrons. The summed E-state index contributed by atoms with van der Waals surface area (Å²) >= 11 is 3.63. The average Bonchev–Trinajstić information content (AvgIpc) is 3.21. The Morgan fingerprint density at radius 3 is 3.10 bits per heavy atom. The van der Waals surface area contributed by atoms with Crippen molar-refractivity contribution in [3.8, 4) is 5.75 Å². The number of nitrogens with one attached hydrogen (secondary N) is 1. The van der Waals surface area contributed by atoms with Crippen molar-refractivity contribution in [2.75, 3.05) is 5.75 Å². The van der Waals surface area contributed by atoms with Crippen molar-refractivity contribution in [2.45, 2.75) is 36.4 Å². The van der Waals surface area contributed by atoms with Crippen LogP contribution in [0.5, 0.6) is 5.75 Å². The second kappa shape index (κ2) is 5.39. The van der Waals surface area contributed by atoms with Gasteiger partial charge >= 0.3 is 0 Å². The van der Waals surface area contributed by atoms with Gasteiger partial charge in [-0.25, -0.2) is 4.98 Å². The Morgan fingerprint density at radius 1 is 1.30 bits per heavy atom. The Kier molecular flexibility index (Phi) is 3.42. The van der Waals surface area contributed by atoms with Gasteiger partial charge in [0.05, 0.1) is 0 Å². The minimum atomic E-state index is 0.0922. The Bertz CT molecular complexity index is 609. The van der Waals surface area contributed by atoms with E-state index in [1.807, 2.05) is 30.1 Å².